The summed E-state index contributed by atoms with van der Waals surface area (Å²) in [7, 11) is 0. The fourth-order valence-electron chi connectivity index (χ4n) is 3.34. The maximum Gasteiger partial charge on any atom is 0.485 e. The predicted molar refractivity (Wildman–Crippen MR) is 53.9 cm³/mol. The third kappa shape index (κ3) is 1.45. The molecule has 0 saturated heterocycles. The van der Waals surface area contributed by atoms with Crippen LogP contribution in [0.15, 0.2) is 0 Å². The van der Waals surface area contributed by atoms with E-state index in [2.05, 4.69) is 0 Å². The fraction of sp³-hybridized carbons (Fsp3) is 0.900. The number of ether oxygens (including phenoxy) is 1. The van der Waals surface area contributed by atoms with Crippen molar-refractivity contribution < 1.29 is 22.5 Å². The van der Waals surface area contributed by atoms with Crippen LogP contribution in [0, 0.1) is 11.8 Å². The van der Waals surface area contributed by atoms with Crippen LogP contribution in [0.1, 0.15) is 32.6 Å². The molecule has 3 atom stereocenters. The molecule has 92 valence electrons. The summed E-state index contributed by atoms with van der Waals surface area (Å²) >= 11 is 0. The highest BCUT2D eigenvalue weighted by atomic mass is 19.4. The van der Waals surface area contributed by atoms with Crippen molar-refractivity contribution in [3.63, 3.8) is 0 Å². The molecule has 16 heavy (non-hydrogen) atoms. The lowest BCUT2D eigenvalue weighted by Crippen LogP contribution is -2.31. The highest BCUT2D eigenvalue weighted by molar-refractivity contribution is 6.64. The minimum Gasteiger partial charge on any atom is -0.466 e. The van der Waals surface area contributed by atoms with Gasteiger partial charge in [0.25, 0.3) is 0 Å². The molecule has 0 spiro atoms. The van der Waals surface area contributed by atoms with Crippen LogP contribution < -0.4 is 0 Å². The molecule has 0 aromatic carbocycles. The van der Waals surface area contributed by atoms with Crippen LogP contribution in [0.25, 0.3) is 0 Å². The van der Waals surface area contributed by atoms with E-state index in [9.17, 15) is 17.7 Å². The Balaban J connectivity index is 2.19. The molecule has 0 N–H and O–H groups in total. The van der Waals surface area contributed by atoms with E-state index in [1.54, 1.807) is 6.92 Å². The van der Waals surface area contributed by atoms with Crippen molar-refractivity contribution in [2.75, 3.05) is 6.61 Å². The molecule has 1 unspecified atom stereocenters. The van der Waals surface area contributed by atoms with Gasteiger partial charge in [-0.15, -0.1) is 0 Å². The Labute approximate surface area is 92.6 Å². The molecule has 0 amide bonds. The number of fused-ring (bicyclic) bond motifs is 1. The minimum absolute atomic E-state index is 0.116. The van der Waals surface area contributed by atoms with Gasteiger partial charge >= 0.3 is 12.9 Å². The summed E-state index contributed by atoms with van der Waals surface area (Å²) in [5.74, 6) is -2.05. The summed E-state index contributed by atoms with van der Waals surface area (Å²) < 4.78 is 44.0. The summed E-state index contributed by atoms with van der Waals surface area (Å²) in [6.07, 6.45) is 2.01. The summed E-state index contributed by atoms with van der Waals surface area (Å²) in [4.78, 5) is 11.5. The highest BCUT2D eigenvalue weighted by Gasteiger charge is 2.75. The molecule has 0 heterocycles. The van der Waals surface area contributed by atoms with E-state index in [-0.39, 0.29) is 13.0 Å². The van der Waals surface area contributed by atoms with Gasteiger partial charge in [0.15, 0.2) is 0 Å². The van der Waals surface area contributed by atoms with Gasteiger partial charge in [0.1, 0.15) is 0 Å². The SMILES string of the molecule is CCOC(=O)[C@@H]1C2CCCC[C@]21[B-](F)(F)F. The molecular formula is C10H15BF3O2-. The van der Waals surface area contributed by atoms with Crippen molar-refractivity contribution in [3.8, 4) is 0 Å². The average molecular weight is 235 g/mol. The number of esters is 1. The molecule has 2 saturated carbocycles. The standard InChI is InChI=1S/C10H15BF3O2/c1-2-16-9(15)8-7-5-3-4-6-10(7,8)11(12,13)14/h7-8H,2-6H2,1H3/q-1/t7?,8-,10-/m0/s1. The van der Waals surface area contributed by atoms with Crippen LogP contribution in [0.4, 0.5) is 12.9 Å². The third-order valence-corrected chi connectivity index (χ3v) is 4.09. The van der Waals surface area contributed by atoms with Gasteiger partial charge < -0.3 is 17.7 Å². The number of hydrogen-bond acceptors (Lipinski definition) is 2. The Hall–Kier alpha value is -0.675. The highest BCUT2D eigenvalue weighted by Crippen LogP contribution is 2.77. The van der Waals surface area contributed by atoms with E-state index < -0.39 is 30.1 Å². The maximum atomic E-state index is 13.1. The molecule has 2 rings (SSSR count). The molecule has 2 fully saturated rings. The van der Waals surface area contributed by atoms with Gasteiger partial charge in [0.05, 0.1) is 6.61 Å². The van der Waals surface area contributed by atoms with Crippen molar-refractivity contribution >= 4 is 12.9 Å². The summed E-state index contributed by atoms with van der Waals surface area (Å²) in [6, 6.07) is 0. The van der Waals surface area contributed by atoms with Crippen LogP contribution in [0.3, 0.4) is 0 Å². The lowest BCUT2D eigenvalue weighted by Gasteiger charge is -2.31. The van der Waals surface area contributed by atoms with E-state index >= 15 is 0 Å². The number of hydrogen-bond donors (Lipinski definition) is 0. The van der Waals surface area contributed by atoms with Gasteiger partial charge in [-0.2, -0.15) is 0 Å². The van der Waals surface area contributed by atoms with Crippen molar-refractivity contribution in [1.82, 2.24) is 0 Å². The molecule has 2 aliphatic rings. The van der Waals surface area contributed by atoms with Gasteiger partial charge in [-0.05, 0) is 18.2 Å². The number of carbonyl (C=O) groups is 1. The second kappa shape index (κ2) is 3.67. The van der Waals surface area contributed by atoms with Gasteiger partial charge in [0.2, 0.25) is 0 Å². The summed E-state index contributed by atoms with van der Waals surface area (Å²) in [6.45, 7) is -3.16. The molecule has 0 aliphatic heterocycles. The van der Waals surface area contributed by atoms with E-state index in [1.807, 2.05) is 0 Å². The Morgan fingerprint density at radius 2 is 2.12 bits per heavy atom. The zero-order valence-corrected chi connectivity index (χ0v) is 9.22. The van der Waals surface area contributed by atoms with Crippen LogP contribution in [0.5, 0.6) is 0 Å². The molecule has 0 aromatic rings. The first-order valence-corrected chi connectivity index (χ1v) is 5.81. The Kier molecular flexibility index (Phi) is 2.71. The molecule has 2 aliphatic carbocycles. The van der Waals surface area contributed by atoms with Crippen LogP contribution in [0.2, 0.25) is 5.31 Å². The second-order valence-corrected chi connectivity index (χ2v) is 4.77. The number of carbonyl (C=O) groups excluding carboxylic acids is 1. The first-order chi connectivity index (χ1) is 7.45. The number of rotatable bonds is 3. The Morgan fingerprint density at radius 1 is 1.44 bits per heavy atom. The van der Waals surface area contributed by atoms with E-state index in [0.29, 0.717) is 12.8 Å². The van der Waals surface area contributed by atoms with E-state index in [1.165, 1.54) is 0 Å². The molecule has 0 radical (unpaired) electrons. The molecule has 2 nitrogen and oxygen atoms in total. The predicted octanol–water partition coefficient (Wildman–Crippen LogP) is 2.96. The normalized spacial score (nSPS) is 37.8. The minimum atomic E-state index is -4.94. The lowest BCUT2D eigenvalue weighted by molar-refractivity contribution is -0.145. The van der Waals surface area contributed by atoms with Gasteiger partial charge in [-0.3, -0.25) is 4.79 Å². The molecule has 0 aromatic heterocycles. The first-order valence-electron chi connectivity index (χ1n) is 5.81. The van der Waals surface area contributed by atoms with Crippen molar-refractivity contribution in [2.45, 2.75) is 37.9 Å². The van der Waals surface area contributed by atoms with E-state index in [4.69, 9.17) is 4.74 Å². The lowest BCUT2D eigenvalue weighted by atomic mass is 9.61. The van der Waals surface area contributed by atoms with Crippen molar-refractivity contribution in [3.05, 3.63) is 0 Å². The quantitative estimate of drug-likeness (QED) is 0.555. The van der Waals surface area contributed by atoms with Crippen LogP contribution >= 0.6 is 0 Å². The van der Waals surface area contributed by atoms with Gasteiger partial charge in [-0.1, -0.05) is 25.7 Å². The number of halogens is 3. The molecule has 6 heteroatoms. The monoisotopic (exact) mass is 235 g/mol. The Morgan fingerprint density at radius 3 is 2.62 bits per heavy atom. The fourth-order valence-corrected chi connectivity index (χ4v) is 3.34. The first kappa shape index (κ1) is 11.8. The third-order valence-electron chi connectivity index (χ3n) is 4.09. The summed E-state index contributed by atoms with van der Waals surface area (Å²) in [5.41, 5.74) is 0. The van der Waals surface area contributed by atoms with Gasteiger partial charge in [-0.25, -0.2) is 0 Å². The summed E-state index contributed by atoms with van der Waals surface area (Å²) in [5, 5.41) is -1.69. The average Bonchev–Trinajstić information content (AvgIpc) is 2.87. The van der Waals surface area contributed by atoms with Crippen molar-refractivity contribution in [2.24, 2.45) is 11.8 Å². The van der Waals surface area contributed by atoms with Crippen LogP contribution in [-0.4, -0.2) is 19.6 Å². The largest absolute Gasteiger partial charge is 0.485 e. The van der Waals surface area contributed by atoms with Crippen molar-refractivity contribution in [1.29, 1.82) is 0 Å². The molecular weight excluding hydrogens is 220 g/mol. The zero-order valence-electron chi connectivity index (χ0n) is 9.22. The van der Waals surface area contributed by atoms with Crippen LogP contribution in [-0.2, 0) is 9.53 Å². The molecule has 0 bridgehead atoms. The van der Waals surface area contributed by atoms with E-state index in [0.717, 1.165) is 6.42 Å². The Bertz CT molecular complexity index is 305. The smallest absolute Gasteiger partial charge is 0.466 e. The second-order valence-electron chi connectivity index (χ2n) is 4.77. The zero-order chi connectivity index (χ0) is 12.0. The topological polar surface area (TPSA) is 26.3 Å². The van der Waals surface area contributed by atoms with Gasteiger partial charge in [0, 0.05) is 5.92 Å². The maximum absolute atomic E-state index is 13.1.